The Labute approximate surface area is 116 Å². The molecule has 0 radical (unpaired) electrons. The van der Waals surface area contributed by atoms with Crippen LogP contribution in [0.3, 0.4) is 0 Å². The number of carbonyl (C=O) groups is 2. The minimum absolute atomic E-state index is 0.0515. The van der Waals surface area contributed by atoms with E-state index in [1.807, 2.05) is 0 Å². The van der Waals surface area contributed by atoms with Gasteiger partial charge in [-0.05, 0) is 31.4 Å². The second-order valence-electron chi connectivity index (χ2n) is 4.73. The number of methoxy groups -OCH3 is 2. The predicted molar refractivity (Wildman–Crippen MR) is 72.2 cm³/mol. The fourth-order valence-electron chi connectivity index (χ4n) is 2.21. The molecular formula is C14H17NO5. The lowest BCUT2D eigenvalue weighted by molar-refractivity contribution is -0.148. The van der Waals surface area contributed by atoms with E-state index in [1.54, 1.807) is 0 Å². The Kier molecular flexibility index (Phi) is 3.94. The van der Waals surface area contributed by atoms with Crippen molar-refractivity contribution in [1.29, 1.82) is 0 Å². The Morgan fingerprint density at radius 2 is 2.00 bits per heavy atom. The Hall–Kier alpha value is -2.08. The van der Waals surface area contributed by atoms with Crippen molar-refractivity contribution in [1.82, 2.24) is 0 Å². The number of aromatic carboxylic acids is 1. The smallest absolute Gasteiger partial charge is 0.339 e. The highest BCUT2D eigenvalue weighted by Crippen LogP contribution is 2.36. The van der Waals surface area contributed by atoms with E-state index in [4.69, 9.17) is 14.6 Å². The molecule has 1 aromatic carbocycles. The molecule has 0 unspecified atom stereocenters. The highest BCUT2D eigenvalue weighted by Gasteiger charge is 2.44. The molecule has 20 heavy (non-hydrogen) atoms. The van der Waals surface area contributed by atoms with Crippen LogP contribution in [0.25, 0.3) is 0 Å². The number of carbonyl (C=O) groups excluding carboxylic acids is 1. The van der Waals surface area contributed by atoms with Crippen LogP contribution in [0.5, 0.6) is 5.75 Å². The van der Waals surface area contributed by atoms with E-state index in [9.17, 15) is 9.59 Å². The Bertz CT molecular complexity index is 531. The first-order valence-corrected chi connectivity index (χ1v) is 6.30. The maximum atomic E-state index is 12.2. The molecule has 1 aliphatic rings. The molecule has 1 saturated carbocycles. The summed E-state index contributed by atoms with van der Waals surface area (Å²) in [6.45, 7) is 0. The molecule has 6 heteroatoms. The summed E-state index contributed by atoms with van der Waals surface area (Å²) >= 11 is 0. The normalized spacial score (nSPS) is 16.1. The van der Waals surface area contributed by atoms with Crippen LogP contribution in [-0.2, 0) is 9.53 Å². The second kappa shape index (κ2) is 5.50. The van der Waals surface area contributed by atoms with Gasteiger partial charge in [0, 0.05) is 18.9 Å². The van der Waals surface area contributed by atoms with Crippen LogP contribution < -0.4 is 10.1 Å². The summed E-state index contributed by atoms with van der Waals surface area (Å²) in [5.41, 5.74) is -0.214. The third-order valence-corrected chi connectivity index (χ3v) is 3.66. The van der Waals surface area contributed by atoms with Gasteiger partial charge in [-0.1, -0.05) is 0 Å². The molecule has 6 nitrogen and oxygen atoms in total. The van der Waals surface area contributed by atoms with Gasteiger partial charge in [0.1, 0.15) is 16.9 Å². The van der Waals surface area contributed by atoms with Crippen LogP contribution in [0.1, 0.15) is 29.6 Å². The van der Waals surface area contributed by atoms with E-state index in [1.165, 1.54) is 32.4 Å². The lowest BCUT2D eigenvalue weighted by atomic mass is 9.79. The standard InChI is InChI=1S/C14H17NO5/c1-19-11-8-9(4-5-10(11)12(16)17)15-13(18)14(20-2)6-3-7-14/h4-5,8H,3,6-7H2,1-2H3,(H,15,18)(H,16,17). The number of hydrogen-bond acceptors (Lipinski definition) is 4. The third kappa shape index (κ3) is 2.46. The van der Waals surface area contributed by atoms with Crippen molar-refractivity contribution >= 4 is 17.6 Å². The largest absolute Gasteiger partial charge is 0.496 e. The number of nitrogens with one attached hydrogen (secondary N) is 1. The second-order valence-corrected chi connectivity index (χ2v) is 4.73. The van der Waals surface area contributed by atoms with E-state index in [0.29, 0.717) is 18.5 Å². The number of ether oxygens (including phenoxy) is 2. The van der Waals surface area contributed by atoms with Crippen molar-refractivity contribution in [2.75, 3.05) is 19.5 Å². The van der Waals surface area contributed by atoms with Crippen LogP contribution >= 0.6 is 0 Å². The number of benzene rings is 1. The molecule has 0 aliphatic heterocycles. The van der Waals surface area contributed by atoms with Gasteiger partial charge in [0.25, 0.3) is 5.91 Å². The highest BCUT2D eigenvalue weighted by molar-refractivity contribution is 5.99. The molecule has 1 aliphatic carbocycles. The fraction of sp³-hybridized carbons (Fsp3) is 0.429. The minimum Gasteiger partial charge on any atom is -0.496 e. The van der Waals surface area contributed by atoms with Crippen molar-refractivity contribution in [3.63, 3.8) is 0 Å². The molecule has 0 atom stereocenters. The van der Waals surface area contributed by atoms with Gasteiger partial charge < -0.3 is 19.9 Å². The topological polar surface area (TPSA) is 84.9 Å². The number of carboxylic acids is 1. The molecule has 0 bridgehead atoms. The summed E-state index contributed by atoms with van der Waals surface area (Å²) in [4.78, 5) is 23.2. The Morgan fingerprint density at radius 3 is 2.45 bits per heavy atom. The molecule has 108 valence electrons. The molecule has 0 saturated heterocycles. The van der Waals surface area contributed by atoms with Crippen LogP contribution in [0.4, 0.5) is 5.69 Å². The van der Waals surface area contributed by atoms with E-state index >= 15 is 0 Å². The van der Waals surface area contributed by atoms with Crippen molar-refractivity contribution < 1.29 is 24.2 Å². The van der Waals surface area contributed by atoms with Crippen LogP contribution in [0, 0.1) is 0 Å². The van der Waals surface area contributed by atoms with Gasteiger partial charge in [-0.15, -0.1) is 0 Å². The monoisotopic (exact) mass is 279 g/mol. The Morgan fingerprint density at radius 1 is 1.30 bits per heavy atom. The van der Waals surface area contributed by atoms with Crippen molar-refractivity contribution in [3.8, 4) is 5.75 Å². The van der Waals surface area contributed by atoms with Crippen molar-refractivity contribution in [2.45, 2.75) is 24.9 Å². The van der Waals surface area contributed by atoms with Gasteiger partial charge in [0.05, 0.1) is 7.11 Å². The summed E-state index contributed by atoms with van der Waals surface area (Å²) in [6, 6.07) is 4.42. The van der Waals surface area contributed by atoms with Gasteiger partial charge in [0.2, 0.25) is 0 Å². The quantitative estimate of drug-likeness (QED) is 0.860. The third-order valence-electron chi connectivity index (χ3n) is 3.66. The van der Waals surface area contributed by atoms with Gasteiger partial charge >= 0.3 is 5.97 Å². The zero-order chi connectivity index (χ0) is 14.8. The van der Waals surface area contributed by atoms with Gasteiger partial charge in [0.15, 0.2) is 0 Å². The van der Waals surface area contributed by atoms with Crippen molar-refractivity contribution in [2.24, 2.45) is 0 Å². The summed E-state index contributed by atoms with van der Waals surface area (Å²) in [6.07, 6.45) is 2.35. The summed E-state index contributed by atoms with van der Waals surface area (Å²) in [7, 11) is 2.91. The molecular weight excluding hydrogens is 262 g/mol. The molecule has 1 fully saturated rings. The summed E-state index contributed by atoms with van der Waals surface area (Å²) in [5.74, 6) is -1.08. The number of carboxylic acid groups (broad SMARTS) is 1. The van der Waals surface area contributed by atoms with Crippen LogP contribution in [0.2, 0.25) is 0 Å². The lowest BCUT2D eigenvalue weighted by Crippen LogP contribution is -2.50. The first-order chi connectivity index (χ1) is 9.52. The van der Waals surface area contributed by atoms with Gasteiger partial charge in [-0.25, -0.2) is 4.79 Å². The van der Waals surface area contributed by atoms with Crippen molar-refractivity contribution in [3.05, 3.63) is 23.8 Å². The molecule has 2 N–H and O–H groups in total. The predicted octanol–water partition coefficient (Wildman–Crippen LogP) is 1.90. The first-order valence-electron chi connectivity index (χ1n) is 6.30. The molecule has 1 aromatic rings. The zero-order valence-corrected chi connectivity index (χ0v) is 11.4. The molecule has 2 rings (SSSR count). The van der Waals surface area contributed by atoms with E-state index < -0.39 is 11.6 Å². The molecule has 0 spiro atoms. The number of anilines is 1. The Balaban J connectivity index is 2.18. The highest BCUT2D eigenvalue weighted by atomic mass is 16.5. The van der Waals surface area contributed by atoms with E-state index in [0.717, 1.165) is 6.42 Å². The number of hydrogen-bond donors (Lipinski definition) is 2. The average Bonchev–Trinajstić information content (AvgIpc) is 2.37. The molecule has 0 heterocycles. The minimum atomic E-state index is -1.08. The number of amides is 1. The van der Waals surface area contributed by atoms with Crippen LogP contribution in [-0.4, -0.2) is 36.8 Å². The van der Waals surface area contributed by atoms with Gasteiger partial charge in [-0.3, -0.25) is 4.79 Å². The summed E-state index contributed by atoms with van der Waals surface area (Å²) in [5, 5.41) is 11.7. The van der Waals surface area contributed by atoms with E-state index in [-0.39, 0.29) is 17.2 Å². The van der Waals surface area contributed by atoms with Crippen LogP contribution in [0.15, 0.2) is 18.2 Å². The summed E-state index contributed by atoms with van der Waals surface area (Å²) < 4.78 is 10.3. The van der Waals surface area contributed by atoms with Gasteiger partial charge in [-0.2, -0.15) is 0 Å². The molecule has 0 aromatic heterocycles. The maximum absolute atomic E-state index is 12.2. The average molecular weight is 279 g/mol. The zero-order valence-electron chi connectivity index (χ0n) is 11.4. The van der Waals surface area contributed by atoms with E-state index in [2.05, 4.69) is 5.32 Å². The number of rotatable bonds is 5. The SMILES string of the molecule is COc1cc(NC(=O)C2(OC)CCC2)ccc1C(=O)O. The fourth-order valence-corrected chi connectivity index (χ4v) is 2.21. The first kappa shape index (κ1) is 14.3. The lowest BCUT2D eigenvalue weighted by Gasteiger charge is -2.38. The maximum Gasteiger partial charge on any atom is 0.339 e. The molecule has 1 amide bonds.